The summed E-state index contributed by atoms with van der Waals surface area (Å²) in [4.78, 5) is 90.2. The quantitative estimate of drug-likeness (QED) is 0.00718. The standard InChI is InChI=1S/C23H35NO11S.C20H33N3O9S.C16H29NO9.C13H20N4O3.C7H7ClO2S.C4H11NO3.C3H3N/c1-18-5-7-19(8-6-18)36(28,29)24-23(15-33-12-9-20(25)30-2,16-34-13-10-21(26)31-3)17-35-14-11-22(27)32-4;1-3-10-30-13-20(14-31-11-8-18(24)21-26,15-32-12-9-19(25)22-27)23-33(28,29)17-6-4-16(2)5-7-17;1-21-13(18)4-7-24-10-16(17,11-25-8-5-14(19)22-2)12-26-9-6-15(20)23-3;14-4-1-7-18-10-13(17,11-19-8-2-5-15)12-20-9-3-6-16;1-6-2-4-7(5-3-6)11(8,9)10;5-4(1-6,2-7)3-8;1-2-3-4/h5-8,24H,9-17H2,1-4H3;4-7,23,26-27H,3,8-15H2,1-2H3,(H,21,24)(H,22,25);4-12,17H2,1-3H3;1-3,7-12,17H2;2-5H,1H3;6-8H,1-3,5H2;2H,1H2. The molecule has 0 radical (unpaired) electrons. The molecule has 3 rings (SSSR count). The lowest BCUT2D eigenvalue weighted by Crippen LogP contribution is -2.58. The molecule has 52 heteroatoms. The number of nitriles is 4. The monoisotopic (exact) mass is 2050 g/mol. The van der Waals surface area contributed by atoms with Crippen molar-refractivity contribution in [3.63, 3.8) is 0 Å². The predicted octanol–water partition coefficient (Wildman–Crippen LogP) is 1.19. The molecule has 0 saturated carbocycles. The van der Waals surface area contributed by atoms with Gasteiger partial charge in [-0.25, -0.2) is 36.2 Å². The van der Waals surface area contributed by atoms with Crippen molar-refractivity contribution in [3.05, 3.63) is 102 Å². The van der Waals surface area contributed by atoms with Crippen molar-refractivity contribution in [1.29, 1.82) is 21.0 Å². The average molecular weight is 2050 g/mol. The fourth-order valence-corrected chi connectivity index (χ4v) is 12.9. The van der Waals surface area contributed by atoms with Gasteiger partial charge in [0.2, 0.25) is 31.9 Å². The highest BCUT2D eigenvalue weighted by molar-refractivity contribution is 8.13. The molecular weight excluding hydrogens is 1910 g/mol. The largest absolute Gasteiger partial charge is 0.469 e. The number of esters is 6. The van der Waals surface area contributed by atoms with Crippen LogP contribution in [0.5, 0.6) is 0 Å². The zero-order valence-corrected chi connectivity index (χ0v) is 82.9. The Labute approximate surface area is 811 Å². The number of allylic oxidation sites excluding steroid dienone is 1. The molecule has 0 aromatic heterocycles. The second kappa shape index (κ2) is 81.1. The van der Waals surface area contributed by atoms with E-state index < -0.39 is 124 Å². The number of aryl methyl sites for hydroxylation is 3. The van der Waals surface area contributed by atoms with Crippen molar-refractivity contribution in [3.8, 4) is 24.3 Å². The lowest BCUT2D eigenvalue weighted by molar-refractivity contribution is -0.144. The number of aliphatic hydroxyl groups is 3. The number of methoxy groups -OCH3 is 6. The Hall–Kier alpha value is -9.62. The van der Waals surface area contributed by atoms with Gasteiger partial charge in [0, 0.05) is 23.4 Å². The van der Waals surface area contributed by atoms with E-state index in [0.29, 0.717) is 52.1 Å². The maximum Gasteiger partial charge on any atom is 0.307 e. The van der Waals surface area contributed by atoms with Gasteiger partial charge in [-0.3, -0.25) is 48.8 Å². The van der Waals surface area contributed by atoms with E-state index in [9.17, 15) is 63.6 Å². The van der Waals surface area contributed by atoms with Gasteiger partial charge in [0.15, 0.2) is 0 Å². The number of hydrogen-bond donors (Lipinski definition) is 12. The van der Waals surface area contributed by atoms with Gasteiger partial charge in [-0.2, -0.15) is 30.5 Å². The molecule has 0 bridgehead atoms. The van der Waals surface area contributed by atoms with Crippen LogP contribution in [0.25, 0.3) is 0 Å². The number of ether oxygens (including phenoxy) is 18. The molecule has 2 amide bonds. The van der Waals surface area contributed by atoms with E-state index in [0.717, 1.165) is 16.7 Å². The summed E-state index contributed by atoms with van der Waals surface area (Å²) in [6.45, 7) is 10.1. The summed E-state index contributed by atoms with van der Waals surface area (Å²) in [6, 6.07) is 26.5. The van der Waals surface area contributed by atoms with Gasteiger partial charge in [-0.05, 0) is 63.6 Å². The number of nitrogens with one attached hydrogen (secondary N) is 4. The normalized spacial score (nSPS) is 11.2. The highest BCUT2D eigenvalue weighted by Gasteiger charge is 2.40. The molecule has 0 spiro atoms. The number of sulfonamides is 2. The number of aliphatic hydroxyl groups excluding tert-OH is 3. The fourth-order valence-electron chi connectivity index (χ4n) is 9.39. The highest BCUT2D eigenvalue weighted by atomic mass is 35.7. The van der Waals surface area contributed by atoms with Gasteiger partial charge in [-0.15, -0.1) is 0 Å². The molecule has 0 aliphatic rings. The van der Waals surface area contributed by atoms with Crippen LogP contribution in [0.3, 0.4) is 0 Å². The van der Waals surface area contributed by atoms with Crippen LogP contribution in [0.2, 0.25) is 0 Å². The van der Waals surface area contributed by atoms with Crippen molar-refractivity contribution in [2.24, 2.45) is 17.2 Å². The average Bonchev–Trinajstić information content (AvgIpc) is 0.806. The third-order valence-electron chi connectivity index (χ3n) is 17.0. The minimum Gasteiger partial charge on any atom is -0.469 e. The first-order valence-electron chi connectivity index (χ1n) is 42.1. The molecular formula is C86H138ClN11O37S3. The third-order valence-corrected chi connectivity index (χ3v) is 21.6. The first-order chi connectivity index (χ1) is 65.4. The van der Waals surface area contributed by atoms with Crippen molar-refractivity contribution in [1.82, 2.24) is 20.4 Å². The van der Waals surface area contributed by atoms with Crippen LogP contribution >= 0.6 is 10.7 Å². The number of nitrogens with two attached hydrogens (primary N) is 3. The van der Waals surface area contributed by atoms with Crippen molar-refractivity contribution in [2.75, 3.05) is 221 Å². The number of amides is 2. The summed E-state index contributed by atoms with van der Waals surface area (Å²) in [5.74, 6) is -3.98. The summed E-state index contributed by atoms with van der Waals surface area (Å²) < 4.78 is 172. The molecule has 0 atom stereocenters. The summed E-state index contributed by atoms with van der Waals surface area (Å²) in [5, 5.41) is 75.0. The van der Waals surface area contributed by atoms with Crippen LogP contribution in [0.1, 0.15) is 101 Å². The lowest BCUT2D eigenvalue weighted by Gasteiger charge is -2.34. The van der Waals surface area contributed by atoms with Crippen LogP contribution in [0, 0.1) is 66.1 Å². The van der Waals surface area contributed by atoms with Gasteiger partial charge < -0.3 is 118 Å². The fraction of sp³-hybridized carbons (Fsp3) is 0.628. The summed E-state index contributed by atoms with van der Waals surface area (Å²) in [5.41, 5.74) is 17.3. The van der Waals surface area contributed by atoms with Gasteiger partial charge in [0.05, 0.1) is 341 Å². The van der Waals surface area contributed by atoms with Gasteiger partial charge in [-0.1, -0.05) is 66.6 Å². The van der Waals surface area contributed by atoms with Gasteiger partial charge in [0.25, 0.3) is 9.05 Å². The molecule has 138 heavy (non-hydrogen) atoms. The molecule has 0 aliphatic carbocycles. The molecule has 15 N–H and O–H groups in total. The molecule has 784 valence electrons. The Morgan fingerprint density at radius 1 is 0.362 bits per heavy atom. The summed E-state index contributed by atoms with van der Waals surface area (Å²) >= 11 is 0. The van der Waals surface area contributed by atoms with E-state index in [4.69, 9.17) is 132 Å². The van der Waals surface area contributed by atoms with Crippen molar-refractivity contribution < 1.29 is 175 Å². The molecule has 3 aromatic carbocycles. The number of carbonyl (C=O) groups is 8. The predicted molar refractivity (Wildman–Crippen MR) is 490 cm³/mol. The van der Waals surface area contributed by atoms with Crippen LogP contribution < -0.4 is 37.6 Å². The molecule has 0 heterocycles. The van der Waals surface area contributed by atoms with Crippen molar-refractivity contribution in [2.45, 2.75) is 147 Å². The lowest BCUT2D eigenvalue weighted by atomic mass is 10.1. The van der Waals surface area contributed by atoms with Crippen LogP contribution in [0.15, 0.2) is 100 Å². The number of hydroxylamine groups is 2. The smallest absolute Gasteiger partial charge is 0.307 e. The van der Waals surface area contributed by atoms with Crippen LogP contribution in [-0.2, 0) is 153 Å². The summed E-state index contributed by atoms with van der Waals surface area (Å²) in [7, 11) is 1.05. The van der Waals surface area contributed by atoms with Crippen LogP contribution in [-0.4, -0.2) is 347 Å². The topological polar surface area (TPSA) is 728 Å². The first-order valence-corrected chi connectivity index (χ1v) is 47.4. The minimum absolute atomic E-state index is 0.0103. The minimum atomic E-state index is -4.07. The highest BCUT2D eigenvalue weighted by Crippen LogP contribution is 2.21. The number of benzene rings is 3. The van der Waals surface area contributed by atoms with E-state index in [1.807, 2.05) is 45.9 Å². The molecule has 0 unspecified atom stereocenters. The molecule has 48 nitrogen and oxygen atoms in total. The number of nitrogens with zero attached hydrogens (tertiary/aromatic N) is 4. The molecule has 3 aromatic rings. The number of hydrogen-bond acceptors (Lipinski definition) is 44. The second-order valence-electron chi connectivity index (χ2n) is 29.4. The second-order valence-corrected chi connectivity index (χ2v) is 35.4. The number of rotatable bonds is 66. The first kappa shape index (κ1) is 135. The van der Waals surface area contributed by atoms with E-state index in [-0.39, 0.29) is 198 Å². The van der Waals surface area contributed by atoms with E-state index in [2.05, 4.69) is 44.4 Å². The Bertz CT molecular complexity index is 4200. The van der Waals surface area contributed by atoms with Crippen molar-refractivity contribution >= 4 is 87.4 Å². The van der Waals surface area contributed by atoms with Gasteiger partial charge >= 0.3 is 35.8 Å². The molecule has 0 saturated heterocycles. The van der Waals surface area contributed by atoms with Gasteiger partial charge in [0.1, 0.15) is 11.1 Å². The SMILES string of the molecule is C=CC#N.CCCOCC(COCCC(=O)NO)(COCCC(=O)NO)NS(=O)(=O)c1ccc(C)cc1.COC(=O)CCOCC(COCCC(=O)OC)(COCCC(=O)OC)NS(=O)(=O)c1ccc(C)cc1.COC(=O)CCOCC(N)(COCCC(=O)OC)COCCC(=O)OC.Cc1ccc(S(=O)(=O)Cl)cc1.N#CCCOCC(N)(COCCC#N)COCCC#N.NC(CO)(CO)CO. The zero-order chi connectivity index (χ0) is 105. The Morgan fingerprint density at radius 2 is 0.565 bits per heavy atom. The maximum atomic E-state index is 13.2. The molecule has 0 aliphatic heterocycles. The Balaban J connectivity index is -0.000000814. The van der Waals surface area contributed by atoms with E-state index in [1.165, 1.54) is 96.1 Å². The zero-order valence-electron chi connectivity index (χ0n) is 79.7. The Kier molecular flexibility index (Phi) is 79.1. The molecule has 0 fully saturated rings. The number of halogens is 1. The summed E-state index contributed by atoms with van der Waals surface area (Å²) in [6.07, 6.45) is 2.58. The van der Waals surface area contributed by atoms with E-state index in [1.54, 1.807) is 42.5 Å². The number of carbonyl (C=O) groups excluding carboxylic acids is 8. The maximum absolute atomic E-state index is 13.2. The third kappa shape index (κ3) is 70.9. The van der Waals surface area contributed by atoms with E-state index >= 15 is 0 Å². The Morgan fingerprint density at radius 3 is 0.746 bits per heavy atom. The van der Waals surface area contributed by atoms with Crippen LogP contribution in [0.4, 0.5) is 0 Å².